The van der Waals surface area contributed by atoms with Crippen LogP contribution in [0.25, 0.3) is 6.08 Å². The Bertz CT molecular complexity index is 1740. The van der Waals surface area contributed by atoms with E-state index in [0.717, 1.165) is 44.1 Å². The first-order chi connectivity index (χ1) is 26.4. The Balaban J connectivity index is 1.29. The highest BCUT2D eigenvalue weighted by molar-refractivity contribution is 6.43. The molecule has 54 heavy (non-hydrogen) atoms. The summed E-state index contributed by atoms with van der Waals surface area (Å²) in [5.41, 5.74) is 3.68. The molecule has 5 rings (SSSR count). The van der Waals surface area contributed by atoms with E-state index in [2.05, 4.69) is 34.9 Å². The Morgan fingerprint density at radius 2 is 1.30 bits per heavy atom. The highest BCUT2D eigenvalue weighted by Crippen LogP contribution is 2.38. The van der Waals surface area contributed by atoms with Gasteiger partial charge >= 0.3 is 0 Å². The molecule has 284 valence electrons. The van der Waals surface area contributed by atoms with Crippen molar-refractivity contribution in [1.29, 1.82) is 0 Å². The van der Waals surface area contributed by atoms with Crippen LogP contribution in [-0.4, -0.2) is 63.7 Å². The first-order valence-corrected chi connectivity index (χ1v) is 18.7. The highest BCUT2D eigenvalue weighted by atomic mass is 16.5. The standard InChI is InChI=1S/C45H52N2O7/c1-51-40-28-35(29-41(52-2)43(40)53-3)42(48)45(50)47-39-31-37(54-27-15-24-34-20-11-6-12-21-34)30-38(39)44(49)46-36(25-13-22-32-16-7-4-8-17-32)26-14-23-33-18-9-5-10-19-33/h4-12,15-21,24,28-29,36-39H,13-14,22-23,25-27,30-31H2,1-3H3,(H,46,49)(H,47,50)/b24-15+/t37-,38+,39+/m0/s1. The number of ketones is 1. The third-order valence-corrected chi connectivity index (χ3v) is 9.91. The molecule has 0 unspecified atom stereocenters. The van der Waals surface area contributed by atoms with Crippen molar-refractivity contribution in [2.24, 2.45) is 5.92 Å². The molecule has 1 aliphatic rings. The number of carbonyl (C=O) groups is 3. The van der Waals surface area contributed by atoms with Gasteiger partial charge in [-0.15, -0.1) is 0 Å². The number of rotatable bonds is 20. The van der Waals surface area contributed by atoms with Crippen molar-refractivity contribution in [1.82, 2.24) is 10.6 Å². The molecule has 4 aromatic rings. The third-order valence-electron chi connectivity index (χ3n) is 9.91. The van der Waals surface area contributed by atoms with Crippen LogP contribution in [-0.2, 0) is 27.2 Å². The minimum Gasteiger partial charge on any atom is -0.493 e. The largest absolute Gasteiger partial charge is 0.493 e. The molecular formula is C45H52N2O7. The van der Waals surface area contributed by atoms with E-state index in [-0.39, 0.29) is 35.1 Å². The molecule has 0 heterocycles. The SMILES string of the molecule is COc1cc(C(=O)C(=O)N[C@@H]2C[C@@H](OC/C=C/c3ccccc3)C[C@H]2C(=O)NC(CCCc2ccccc2)CCCc2ccccc2)cc(OC)c1OC. The maximum Gasteiger partial charge on any atom is 0.292 e. The normalized spacial score (nSPS) is 16.6. The number of methoxy groups -OCH3 is 3. The lowest BCUT2D eigenvalue weighted by molar-refractivity contribution is -0.127. The predicted octanol–water partition coefficient (Wildman–Crippen LogP) is 7.42. The Hall–Kier alpha value is -5.41. The van der Waals surface area contributed by atoms with Crippen molar-refractivity contribution in [2.45, 2.75) is 69.6 Å². The van der Waals surface area contributed by atoms with Crippen molar-refractivity contribution in [2.75, 3.05) is 27.9 Å². The zero-order valence-corrected chi connectivity index (χ0v) is 31.5. The van der Waals surface area contributed by atoms with Crippen molar-refractivity contribution in [3.8, 4) is 17.2 Å². The fraction of sp³-hybridized carbons (Fsp3) is 0.356. The molecule has 2 N–H and O–H groups in total. The second-order valence-corrected chi connectivity index (χ2v) is 13.6. The molecule has 0 aliphatic heterocycles. The van der Waals surface area contributed by atoms with Crippen LogP contribution in [0.4, 0.5) is 0 Å². The molecular weight excluding hydrogens is 681 g/mol. The van der Waals surface area contributed by atoms with Gasteiger partial charge < -0.3 is 29.6 Å². The highest BCUT2D eigenvalue weighted by Gasteiger charge is 2.41. The van der Waals surface area contributed by atoms with Crippen LogP contribution in [0.15, 0.2) is 109 Å². The molecule has 1 aliphatic carbocycles. The fourth-order valence-corrected chi connectivity index (χ4v) is 7.09. The van der Waals surface area contributed by atoms with Gasteiger partial charge in [0, 0.05) is 17.6 Å². The first-order valence-electron chi connectivity index (χ1n) is 18.7. The van der Waals surface area contributed by atoms with E-state index in [0.29, 0.717) is 25.2 Å². The summed E-state index contributed by atoms with van der Waals surface area (Å²) in [5.74, 6) is -1.50. The minimum absolute atomic E-state index is 0.0455. The lowest BCUT2D eigenvalue weighted by Crippen LogP contribution is -2.48. The molecule has 0 radical (unpaired) electrons. The van der Waals surface area contributed by atoms with Gasteiger partial charge in [-0.3, -0.25) is 14.4 Å². The van der Waals surface area contributed by atoms with Crippen LogP contribution in [0.2, 0.25) is 0 Å². The quantitative estimate of drug-likeness (QED) is 0.0719. The smallest absolute Gasteiger partial charge is 0.292 e. The minimum atomic E-state index is -0.820. The number of nitrogens with one attached hydrogen (secondary N) is 2. The van der Waals surface area contributed by atoms with Crippen LogP contribution in [0.3, 0.4) is 0 Å². The van der Waals surface area contributed by atoms with Gasteiger partial charge in [-0.1, -0.05) is 103 Å². The van der Waals surface area contributed by atoms with Gasteiger partial charge in [0.25, 0.3) is 5.91 Å². The van der Waals surface area contributed by atoms with Crippen LogP contribution in [0.1, 0.15) is 65.6 Å². The molecule has 3 atom stereocenters. The Morgan fingerprint density at radius 3 is 1.83 bits per heavy atom. The molecule has 2 amide bonds. The van der Waals surface area contributed by atoms with E-state index in [1.165, 1.54) is 44.6 Å². The molecule has 0 aromatic heterocycles. The number of ether oxygens (including phenoxy) is 4. The summed E-state index contributed by atoms with van der Waals surface area (Å²) in [6, 6.07) is 32.9. The molecule has 9 heteroatoms. The number of Topliss-reactive ketones (excluding diaryl/α,β-unsaturated/α-hetero) is 1. The molecule has 4 aromatic carbocycles. The number of amides is 2. The van der Waals surface area contributed by atoms with Crippen LogP contribution >= 0.6 is 0 Å². The maximum atomic E-state index is 14.2. The van der Waals surface area contributed by atoms with Gasteiger partial charge in [-0.05, 0) is 80.2 Å². The van der Waals surface area contributed by atoms with Crippen LogP contribution in [0.5, 0.6) is 17.2 Å². The molecule has 0 saturated heterocycles. The van der Waals surface area contributed by atoms with E-state index in [1.807, 2.05) is 78.9 Å². The molecule has 1 saturated carbocycles. The van der Waals surface area contributed by atoms with Crippen molar-refractivity contribution in [3.63, 3.8) is 0 Å². The zero-order valence-electron chi connectivity index (χ0n) is 31.5. The molecule has 1 fully saturated rings. The molecule has 9 nitrogen and oxygen atoms in total. The number of hydrogen-bond acceptors (Lipinski definition) is 7. The Kier molecular flexibility index (Phi) is 15.3. The van der Waals surface area contributed by atoms with E-state index < -0.39 is 23.7 Å². The monoisotopic (exact) mass is 732 g/mol. The van der Waals surface area contributed by atoms with Gasteiger partial charge in [-0.2, -0.15) is 0 Å². The lowest BCUT2D eigenvalue weighted by Gasteiger charge is -2.24. The van der Waals surface area contributed by atoms with Crippen molar-refractivity contribution < 1.29 is 33.3 Å². The average Bonchev–Trinajstić information content (AvgIpc) is 3.61. The van der Waals surface area contributed by atoms with E-state index in [9.17, 15) is 14.4 Å². The van der Waals surface area contributed by atoms with Gasteiger partial charge in [0.05, 0.1) is 40.0 Å². The summed E-state index contributed by atoms with van der Waals surface area (Å²) in [7, 11) is 4.35. The zero-order chi connectivity index (χ0) is 38.1. The van der Waals surface area contributed by atoms with Gasteiger partial charge in [0.2, 0.25) is 17.4 Å². The van der Waals surface area contributed by atoms with Gasteiger partial charge in [0.15, 0.2) is 11.5 Å². The summed E-state index contributed by atoms with van der Waals surface area (Å²) >= 11 is 0. The lowest BCUT2D eigenvalue weighted by atomic mass is 9.97. The predicted molar refractivity (Wildman–Crippen MR) is 211 cm³/mol. The van der Waals surface area contributed by atoms with Crippen LogP contribution in [0, 0.1) is 5.92 Å². The molecule has 0 bridgehead atoms. The summed E-state index contributed by atoms with van der Waals surface area (Å²) < 4.78 is 22.4. The summed E-state index contributed by atoms with van der Waals surface area (Å²) in [6.07, 6.45) is 9.77. The Morgan fingerprint density at radius 1 is 0.741 bits per heavy atom. The fourth-order valence-electron chi connectivity index (χ4n) is 7.09. The summed E-state index contributed by atoms with van der Waals surface area (Å²) in [5, 5.41) is 6.26. The second kappa shape index (κ2) is 20.7. The number of hydrogen-bond donors (Lipinski definition) is 2. The first kappa shape index (κ1) is 39.8. The second-order valence-electron chi connectivity index (χ2n) is 13.6. The van der Waals surface area contributed by atoms with Gasteiger partial charge in [-0.25, -0.2) is 0 Å². The number of carbonyl (C=O) groups excluding carboxylic acids is 3. The van der Waals surface area contributed by atoms with E-state index in [1.54, 1.807) is 0 Å². The summed E-state index contributed by atoms with van der Waals surface area (Å²) in [6.45, 7) is 0.348. The van der Waals surface area contributed by atoms with E-state index in [4.69, 9.17) is 18.9 Å². The van der Waals surface area contributed by atoms with Crippen molar-refractivity contribution >= 4 is 23.7 Å². The third kappa shape index (κ3) is 11.5. The maximum absolute atomic E-state index is 14.2. The Labute approximate surface area is 319 Å². The van der Waals surface area contributed by atoms with Crippen molar-refractivity contribution in [3.05, 3.63) is 131 Å². The van der Waals surface area contributed by atoms with Gasteiger partial charge in [0.1, 0.15) is 0 Å². The van der Waals surface area contributed by atoms with E-state index >= 15 is 0 Å². The average molecular weight is 733 g/mol. The topological polar surface area (TPSA) is 112 Å². The number of aryl methyl sites for hydroxylation is 2. The number of benzene rings is 4. The molecule has 0 spiro atoms. The summed E-state index contributed by atoms with van der Waals surface area (Å²) in [4.78, 5) is 41.3. The van der Waals surface area contributed by atoms with Crippen LogP contribution < -0.4 is 24.8 Å².